The van der Waals surface area contributed by atoms with Crippen molar-refractivity contribution in [3.8, 4) is 0 Å². The van der Waals surface area contributed by atoms with Gasteiger partial charge in [0.2, 0.25) is 5.91 Å². The largest absolute Gasteiger partial charge is 0.384 e. The monoisotopic (exact) mass is 346 g/mol. The van der Waals surface area contributed by atoms with Crippen LogP contribution in [0.25, 0.3) is 0 Å². The minimum atomic E-state index is -0.974. The lowest BCUT2D eigenvalue weighted by Crippen LogP contribution is -2.53. The van der Waals surface area contributed by atoms with Crippen LogP contribution in [0.2, 0.25) is 0 Å². The van der Waals surface area contributed by atoms with Gasteiger partial charge in [0.1, 0.15) is 5.60 Å². The number of hydrogen-bond acceptors (Lipinski definition) is 4. The molecule has 5 nitrogen and oxygen atoms in total. The number of rotatable bonds is 4. The van der Waals surface area contributed by atoms with Crippen LogP contribution in [-0.4, -0.2) is 72.4 Å². The Morgan fingerprint density at radius 3 is 2.76 bits per heavy atom. The highest BCUT2D eigenvalue weighted by Crippen LogP contribution is 2.19. The smallest absolute Gasteiger partial charge is 0.227 e. The molecule has 0 bridgehead atoms. The van der Waals surface area contributed by atoms with E-state index in [1.54, 1.807) is 4.90 Å². The summed E-state index contributed by atoms with van der Waals surface area (Å²) in [5, 5.41) is 11.0. The molecule has 25 heavy (non-hydrogen) atoms. The molecule has 1 atom stereocenters. The Labute approximate surface area is 150 Å². The van der Waals surface area contributed by atoms with Crippen molar-refractivity contribution < 1.29 is 14.6 Å². The fourth-order valence-electron chi connectivity index (χ4n) is 3.85. The SMILES string of the molecule is Cc1ccc(C)c(CC(=O)N2CCOCC(O)(CN3CCCC3)C2)c1. The molecule has 0 spiro atoms. The van der Waals surface area contributed by atoms with Gasteiger partial charge in [-0.15, -0.1) is 0 Å². The van der Waals surface area contributed by atoms with Gasteiger partial charge in [0, 0.05) is 13.1 Å². The molecule has 2 heterocycles. The third-order valence-electron chi connectivity index (χ3n) is 5.28. The lowest BCUT2D eigenvalue weighted by atomic mass is 10.0. The van der Waals surface area contributed by atoms with E-state index >= 15 is 0 Å². The van der Waals surface area contributed by atoms with Crippen molar-refractivity contribution >= 4 is 5.91 Å². The van der Waals surface area contributed by atoms with Crippen LogP contribution in [0.5, 0.6) is 0 Å². The molecule has 2 saturated heterocycles. The zero-order valence-corrected chi connectivity index (χ0v) is 15.5. The van der Waals surface area contributed by atoms with Crippen LogP contribution in [0.15, 0.2) is 18.2 Å². The molecule has 1 aromatic carbocycles. The van der Waals surface area contributed by atoms with E-state index in [0.717, 1.165) is 29.8 Å². The van der Waals surface area contributed by atoms with Crippen molar-refractivity contribution in [2.75, 3.05) is 45.9 Å². The Morgan fingerprint density at radius 1 is 1.24 bits per heavy atom. The highest BCUT2D eigenvalue weighted by Gasteiger charge is 2.36. The van der Waals surface area contributed by atoms with Crippen LogP contribution >= 0.6 is 0 Å². The number of aryl methyl sites for hydroxylation is 2. The second-order valence-corrected chi connectivity index (χ2v) is 7.68. The summed E-state index contributed by atoms with van der Waals surface area (Å²) in [5.74, 6) is 0.0686. The summed E-state index contributed by atoms with van der Waals surface area (Å²) in [6, 6.07) is 6.21. The minimum Gasteiger partial charge on any atom is -0.384 e. The summed E-state index contributed by atoms with van der Waals surface area (Å²) in [5.41, 5.74) is 2.40. The number of ether oxygens (including phenoxy) is 1. The van der Waals surface area contributed by atoms with Gasteiger partial charge in [-0.25, -0.2) is 0 Å². The van der Waals surface area contributed by atoms with Gasteiger partial charge < -0.3 is 19.6 Å². The van der Waals surface area contributed by atoms with E-state index in [4.69, 9.17) is 4.74 Å². The molecule has 1 amide bonds. The van der Waals surface area contributed by atoms with Crippen LogP contribution in [0.3, 0.4) is 0 Å². The first-order valence-corrected chi connectivity index (χ1v) is 9.32. The number of hydrogen-bond donors (Lipinski definition) is 1. The average Bonchev–Trinajstić information content (AvgIpc) is 2.98. The molecule has 0 radical (unpaired) electrons. The first-order chi connectivity index (χ1) is 12.0. The van der Waals surface area contributed by atoms with Gasteiger partial charge in [-0.2, -0.15) is 0 Å². The maximum Gasteiger partial charge on any atom is 0.227 e. The van der Waals surface area contributed by atoms with E-state index in [-0.39, 0.29) is 5.91 Å². The number of likely N-dealkylation sites (tertiary alicyclic amines) is 1. The van der Waals surface area contributed by atoms with Crippen molar-refractivity contribution in [2.24, 2.45) is 0 Å². The predicted molar refractivity (Wildman–Crippen MR) is 97.6 cm³/mol. The lowest BCUT2D eigenvalue weighted by molar-refractivity contribution is -0.133. The van der Waals surface area contributed by atoms with Crippen LogP contribution in [0.4, 0.5) is 0 Å². The third-order valence-corrected chi connectivity index (χ3v) is 5.28. The number of aliphatic hydroxyl groups is 1. The zero-order valence-electron chi connectivity index (χ0n) is 15.5. The Hall–Kier alpha value is -1.43. The van der Waals surface area contributed by atoms with Crippen molar-refractivity contribution in [1.82, 2.24) is 9.80 Å². The van der Waals surface area contributed by atoms with Crippen molar-refractivity contribution in [3.05, 3.63) is 34.9 Å². The molecule has 1 aromatic rings. The topological polar surface area (TPSA) is 53.0 Å². The minimum absolute atomic E-state index is 0.0686. The van der Waals surface area contributed by atoms with E-state index in [9.17, 15) is 9.90 Å². The molecule has 1 N–H and O–H groups in total. The van der Waals surface area contributed by atoms with Crippen molar-refractivity contribution in [2.45, 2.75) is 38.7 Å². The molecule has 5 heteroatoms. The Balaban J connectivity index is 1.67. The fraction of sp³-hybridized carbons (Fsp3) is 0.650. The average molecular weight is 346 g/mol. The summed E-state index contributed by atoms with van der Waals surface area (Å²) in [6.07, 6.45) is 2.76. The first kappa shape index (κ1) is 18.4. The van der Waals surface area contributed by atoms with Gasteiger partial charge in [-0.3, -0.25) is 4.79 Å². The van der Waals surface area contributed by atoms with Crippen LogP contribution in [-0.2, 0) is 16.0 Å². The molecular formula is C20H30N2O3. The van der Waals surface area contributed by atoms with Gasteiger partial charge >= 0.3 is 0 Å². The zero-order chi connectivity index (χ0) is 17.9. The molecule has 2 aliphatic heterocycles. The van der Waals surface area contributed by atoms with Gasteiger partial charge in [-0.1, -0.05) is 23.8 Å². The predicted octanol–water partition coefficient (Wildman–Crippen LogP) is 1.53. The number of carbonyl (C=O) groups is 1. The number of carbonyl (C=O) groups excluding carboxylic acids is 1. The number of nitrogens with zero attached hydrogens (tertiary/aromatic N) is 2. The maximum absolute atomic E-state index is 12.9. The molecule has 2 aliphatic rings. The molecule has 1 unspecified atom stereocenters. The Kier molecular flexibility index (Phi) is 5.77. The van der Waals surface area contributed by atoms with Gasteiger partial charge in [0.05, 0.1) is 26.2 Å². The Morgan fingerprint density at radius 2 is 2.00 bits per heavy atom. The number of benzene rings is 1. The quantitative estimate of drug-likeness (QED) is 0.898. The molecular weight excluding hydrogens is 316 g/mol. The first-order valence-electron chi connectivity index (χ1n) is 9.32. The lowest BCUT2D eigenvalue weighted by Gasteiger charge is -2.34. The van der Waals surface area contributed by atoms with E-state index in [2.05, 4.69) is 23.1 Å². The third kappa shape index (κ3) is 4.81. The van der Waals surface area contributed by atoms with E-state index in [0.29, 0.717) is 39.3 Å². The van der Waals surface area contributed by atoms with E-state index in [1.165, 1.54) is 12.8 Å². The number of β-amino-alcohol motifs (C(OH)–C–C–N with tert-alkyl or cyclic N) is 1. The Bertz CT molecular complexity index is 613. The molecule has 0 saturated carbocycles. The number of amides is 1. The standard InChI is InChI=1S/C20H30N2O3/c1-16-5-6-17(2)18(11-16)12-19(23)22-9-10-25-15-20(24,14-22)13-21-7-3-4-8-21/h5-6,11,24H,3-4,7-10,12-15H2,1-2H3. The molecule has 3 rings (SSSR count). The molecule has 138 valence electrons. The summed E-state index contributed by atoms with van der Waals surface area (Å²) in [4.78, 5) is 16.9. The molecule has 0 aromatic heterocycles. The second-order valence-electron chi connectivity index (χ2n) is 7.68. The highest BCUT2D eigenvalue weighted by molar-refractivity contribution is 5.79. The van der Waals surface area contributed by atoms with Gasteiger partial charge in [0.15, 0.2) is 0 Å². The summed E-state index contributed by atoms with van der Waals surface area (Å²) < 4.78 is 5.62. The van der Waals surface area contributed by atoms with Crippen LogP contribution < -0.4 is 0 Å². The van der Waals surface area contributed by atoms with Crippen LogP contribution in [0.1, 0.15) is 29.5 Å². The van der Waals surface area contributed by atoms with Crippen molar-refractivity contribution in [3.63, 3.8) is 0 Å². The summed E-state index contributed by atoms with van der Waals surface area (Å²) >= 11 is 0. The normalized spacial score (nSPS) is 25.2. The van der Waals surface area contributed by atoms with Gasteiger partial charge in [0.25, 0.3) is 0 Å². The second kappa shape index (κ2) is 7.85. The van der Waals surface area contributed by atoms with E-state index in [1.807, 2.05) is 13.8 Å². The maximum atomic E-state index is 12.9. The highest BCUT2D eigenvalue weighted by atomic mass is 16.5. The van der Waals surface area contributed by atoms with Gasteiger partial charge in [-0.05, 0) is 50.9 Å². The van der Waals surface area contributed by atoms with E-state index < -0.39 is 5.60 Å². The van der Waals surface area contributed by atoms with Crippen LogP contribution in [0, 0.1) is 13.8 Å². The molecule has 2 fully saturated rings. The van der Waals surface area contributed by atoms with Crippen molar-refractivity contribution in [1.29, 1.82) is 0 Å². The fourth-order valence-corrected chi connectivity index (χ4v) is 3.85. The summed E-state index contributed by atoms with van der Waals surface area (Å²) in [6.45, 7) is 8.41. The summed E-state index contributed by atoms with van der Waals surface area (Å²) in [7, 11) is 0. The molecule has 0 aliphatic carbocycles.